The molecule has 2 fully saturated rings. The molecule has 126 valence electrons. The molecular weight excluding hydrogens is 312 g/mol. The zero-order chi connectivity index (χ0) is 16.4. The van der Waals surface area contributed by atoms with E-state index in [9.17, 15) is 9.59 Å². The van der Waals surface area contributed by atoms with E-state index in [1.165, 1.54) is 0 Å². The molecule has 1 amide bonds. The number of rotatable bonds is 5. The predicted molar refractivity (Wildman–Crippen MR) is 88.4 cm³/mol. The summed E-state index contributed by atoms with van der Waals surface area (Å²) in [5, 5.41) is 10.0. The van der Waals surface area contributed by atoms with E-state index < -0.39 is 0 Å². The lowest BCUT2D eigenvalue weighted by molar-refractivity contribution is -0.137. The normalized spacial score (nSPS) is 27.0. The zero-order valence-corrected chi connectivity index (χ0v) is 14.3. The first-order valence-corrected chi connectivity index (χ1v) is 8.96. The maximum Gasteiger partial charge on any atom is 0.223 e. The van der Waals surface area contributed by atoms with Crippen molar-refractivity contribution >= 4 is 23.9 Å². The fourth-order valence-electron chi connectivity index (χ4n) is 4.00. The maximum absolute atomic E-state index is 12.4. The van der Waals surface area contributed by atoms with Crippen LogP contribution >= 0.6 is 12.2 Å². The highest BCUT2D eigenvalue weighted by Crippen LogP contribution is 2.40. The van der Waals surface area contributed by atoms with Gasteiger partial charge >= 0.3 is 0 Å². The Morgan fingerprint density at radius 3 is 2.74 bits per heavy atom. The van der Waals surface area contributed by atoms with Gasteiger partial charge in [-0.05, 0) is 44.8 Å². The minimum Gasteiger partial charge on any atom is -0.355 e. The number of amides is 1. The van der Waals surface area contributed by atoms with E-state index in [0.717, 1.165) is 44.5 Å². The molecule has 0 aromatic carbocycles. The second-order valence-electron chi connectivity index (χ2n) is 6.63. The number of carbonyl (C=O) groups is 2. The second kappa shape index (κ2) is 6.95. The van der Waals surface area contributed by atoms with Gasteiger partial charge in [-0.1, -0.05) is 6.42 Å². The Morgan fingerprint density at radius 1 is 1.39 bits per heavy atom. The fraction of sp³-hybridized carbons (Fsp3) is 0.750. The topological polar surface area (TPSA) is 79.8 Å². The minimum absolute atomic E-state index is 0.00463. The number of ketones is 1. The van der Waals surface area contributed by atoms with E-state index in [1.54, 1.807) is 0 Å². The number of fused-ring (bicyclic) bond motifs is 2. The summed E-state index contributed by atoms with van der Waals surface area (Å²) >= 11 is 5.16. The van der Waals surface area contributed by atoms with Gasteiger partial charge < -0.3 is 9.88 Å². The fourth-order valence-corrected chi connectivity index (χ4v) is 4.28. The molecule has 3 atom stereocenters. The van der Waals surface area contributed by atoms with Gasteiger partial charge in [-0.15, -0.1) is 0 Å². The summed E-state index contributed by atoms with van der Waals surface area (Å²) in [5.41, 5.74) is 0. The number of hydrogen-bond donors (Lipinski definition) is 2. The average molecular weight is 336 g/mol. The highest BCUT2D eigenvalue weighted by molar-refractivity contribution is 7.71. The van der Waals surface area contributed by atoms with E-state index in [-0.39, 0.29) is 23.7 Å². The Hall–Kier alpha value is -1.50. The van der Waals surface area contributed by atoms with Crippen molar-refractivity contribution in [3.05, 3.63) is 10.6 Å². The number of aromatic amines is 1. The number of Topliss-reactive ketones (excluding diaryl/α,β-unsaturated/α-hetero) is 1. The average Bonchev–Trinajstić information content (AvgIpc) is 2.87. The predicted octanol–water partition coefficient (Wildman–Crippen LogP) is 2.01. The van der Waals surface area contributed by atoms with Crippen LogP contribution in [0.25, 0.3) is 0 Å². The van der Waals surface area contributed by atoms with Crippen LogP contribution in [0.1, 0.15) is 44.9 Å². The number of aromatic nitrogens is 3. The second-order valence-corrected chi connectivity index (χ2v) is 7.01. The summed E-state index contributed by atoms with van der Waals surface area (Å²) in [5.74, 6) is 1.60. The molecule has 0 radical (unpaired) electrons. The van der Waals surface area contributed by atoms with E-state index in [1.807, 2.05) is 11.5 Å². The molecule has 0 saturated heterocycles. The van der Waals surface area contributed by atoms with Gasteiger partial charge in [0.15, 0.2) is 4.77 Å². The third-order valence-corrected chi connectivity index (χ3v) is 5.53. The van der Waals surface area contributed by atoms with Crippen LogP contribution in [0.3, 0.4) is 0 Å². The van der Waals surface area contributed by atoms with Crippen molar-refractivity contribution < 1.29 is 9.59 Å². The molecule has 3 rings (SSSR count). The summed E-state index contributed by atoms with van der Waals surface area (Å²) < 4.78 is 2.55. The first-order valence-electron chi connectivity index (χ1n) is 8.55. The summed E-state index contributed by atoms with van der Waals surface area (Å²) in [6.45, 7) is 3.34. The molecule has 7 heteroatoms. The van der Waals surface area contributed by atoms with Crippen LogP contribution in [0.15, 0.2) is 0 Å². The summed E-state index contributed by atoms with van der Waals surface area (Å²) in [4.78, 5) is 24.5. The van der Waals surface area contributed by atoms with Gasteiger partial charge in [-0.3, -0.25) is 14.7 Å². The number of nitrogens with zero attached hydrogens (tertiary/aromatic N) is 2. The van der Waals surface area contributed by atoms with Crippen molar-refractivity contribution in [2.75, 3.05) is 6.54 Å². The molecule has 1 heterocycles. The van der Waals surface area contributed by atoms with Crippen molar-refractivity contribution in [1.29, 1.82) is 0 Å². The third-order valence-electron chi connectivity index (χ3n) is 5.22. The number of nitrogens with one attached hydrogen (secondary N) is 2. The van der Waals surface area contributed by atoms with Gasteiger partial charge in [0.2, 0.25) is 5.91 Å². The third kappa shape index (κ3) is 3.39. The quantitative estimate of drug-likeness (QED) is 0.806. The molecule has 2 saturated carbocycles. The first-order chi connectivity index (χ1) is 11.1. The first kappa shape index (κ1) is 16.4. The van der Waals surface area contributed by atoms with Crippen molar-refractivity contribution in [3.63, 3.8) is 0 Å². The van der Waals surface area contributed by atoms with E-state index >= 15 is 0 Å². The molecule has 6 nitrogen and oxygen atoms in total. The largest absolute Gasteiger partial charge is 0.355 e. The number of hydrogen-bond acceptors (Lipinski definition) is 4. The number of H-pyrrole nitrogens is 1. The molecular formula is C16H24N4O2S. The Bertz CT molecular complexity index is 635. The molecule has 1 unspecified atom stereocenters. The molecule has 2 aliphatic carbocycles. The Morgan fingerprint density at radius 2 is 2.09 bits per heavy atom. The van der Waals surface area contributed by atoms with Crippen LogP contribution in [0.2, 0.25) is 0 Å². The Labute approximate surface area is 141 Å². The van der Waals surface area contributed by atoms with Crippen molar-refractivity contribution in [1.82, 2.24) is 20.1 Å². The van der Waals surface area contributed by atoms with Gasteiger partial charge in [-0.25, -0.2) is 0 Å². The van der Waals surface area contributed by atoms with Crippen LogP contribution in [0, 0.1) is 22.5 Å². The zero-order valence-electron chi connectivity index (χ0n) is 13.5. The van der Waals surface area contributed by atoms with Gasteiger partial charge in [0.25, 0.3) is 0 Å². The molecule has 2 N–H and O–H groups in total. The van der Waals surface area contributed by atoms with Crippen LogP contribution in [-0.4, -0.2) is 33.0 Å². The summed E-state index contributed by atoms with van der Waals surface area (Å²) in [6, 6.07) is 0. The molecule has 1 aromatic rings. The molecule has 23 heavy (non-hydrogen) atoms. The molecule has 2 aliphatic rings. The van der Waals surface area contributed by atoms with E-state index in [4.69, 9.17) is 12.2 Å². The van der Waals surface area contributed by atoms with Crippen LogP contribution in [0.4, 0.5) is 0 Å². The highest BCUT2D eigenvalue weighted by atomic mass is 32.1. The number of carbonyl (C=O) groups excluding carboxylic acids is 2. The van der Waals surface area contributed by atoms with Crippen molar-refractivity contribution in [3.8, 4) is 0 Å². The lowest BCUT2D eigenvalue weighted by atomic mass is 9.67. The van der Waals surface area contributed by atoms with Crippen LogP contribution in [0.5, 0.6) is 0 Å². The monoisotopic (exact) mass is 336 g/mol. The minimum atomic E-state index is -0.00463. The van der Waals surface area contributed by atoms with Gasteiger partial charge in [-0.2, -0.15) is 5.10 Å². The Kier molecular flexibility index (Phi) is 4.94. The maximum atomic E-state index is 12.4. The lowest BCUT2D eigenvalue weighted by Gasteiger charge is -2.36. The molecule has 0 aliphatic heterocycles. The van der Waals surface area contributed by atoms with Crippen LogP contribution in [-0.2, 0) is 22.6 Å². The summed E-state index contributed by atoms with van der Waals surface area (Å²) in [6.07, 6.45) is 5.18. The van der Waals surface area contributed by atoms with Gasteiger partial charge in [0.05, 0.1) is 0 Å². The highest BCUT2D eigenvalue weighted by Gasteiger charge is 2.41. The smallest absolute Gasteiger partial charge is 0.223 e. The molecule has 1 aromatic heterocycles. The van der Waals surface area contributed by atoms with Crippen molar-refractivity contribution in [2.45, 2.75) is 52.0 Å². The molecule has 0 spiro atoms. The van der Waals surface area contributed by atoms with E-state index in [0.29, 0.717) is 23.5 Å². The Balaban J connectivity index is 1.52. The molecule has 2 bridgehead atoms. The lowest BCUT2D eigenvalue weighted by Crippen LogP contribution is -2.43. The van der Waals surface area contributed by atoms with Crippen LogP contribution < -0.4 is 5.32 Å². The SMILES string of the molecule is CCn1c(CCNC(=O)C2C[C@H]3CCC[C@@H](C2)C3=O)n[nH]c1=S. The van der Waals surface area contributed by atoms with Gasteiger partial charge in [0, 0.05) is 37.3 Å². The standard InChI is InChI=1S/C16H24N4O2S/c1-2-20-13(18-19-16(20)23)6-7-17-15(22)12-8-10-4-3-5-11(9-12)14(10)21/h10-12H,2-9H2,1H3,(H,17,22)(H,19,23)/t10-,11+,12?. The van der Waals surface area contributed by atoms with Crippen molar-refractivity contribution in [2.24, 2.45) is 17.8 Å². The van der Waals surface area contributed by atoms with Gasteiger partial charge in [0.1, 0.15) is 11.6 Å². The summed E-state index contributed by atoms with van der Waals surface area (Å²) in [7, 11) is 0. The van der Waals surface area contributed by atoms with E-state index in [2.05, 4.69) is 15.5 Å².